The molecule has 10 heteroatoms. The molecule has 1 rings (SSSR count). The molecule has 2 amide bonds. The number of imide groups is 1. The number of aromatic nitrogens is 3. The van der Waals surface area contributed by atoms with Gasteiger partial charge in [0.2, 0.25) is 0 Å². The summed E-state index contributed by atoms with van der Waals surface area (Å²) in [6.07, 6.45) is -0.718. The fourth-order valence-electron chi connectivity index (χ4n) is 1.35. The van der Waals surface area contributed by atoms with Crippen LogP contribution in [0.15, 0.2) is 0 Å². The van der Waals surface area contributed by atoms with Crippen LogP contribution in [-0.2, 0) is 22.5 Å². The van der Waals surface area contributed by atoms with Crippen molar-refractivity contribution in [2.24, 2.45) is 5.73 Å². The van der Waals surface area contributed by atoms with Gasteiger partial charge in [-0.2, -0.15) is 0 Å². The highest BCUT2D eigenvalue weighted by atomic mass is 16.5. The van der Waals surface area contributed by atoms with Crippen molar-refractivity contribution in [2.45, 2.75) is 13.0 Å². The van der Waals surface area contributed by atoms with Gasteiger partial charge >= 0.3 is 12.1 Å². The molecule has 0 unspecified atom stereocenters. The van der Waals surface area contributed by atoms with Crippen LogP contribution in [0.5, 0.6) is 0 Å². The number of carboxylic acid groups (broad SMARTS) is 1. The number of nitrogens with zero attached hydrogens (tertiary/aromatic N) is 3. The summed E-state index contributed by atoms with van der Waals surface area (Å²) in [7, 11) is 1.11. The zero-order valence-corrected chi connectivity index (χ0v) is 10.1. The third kappa shape index (κ3) is 3.74. The zero-order chi connectivity index (χ0) is 14.4. The molecular formula is C9H13N5O5. The summed E-state index contributed by atoms with van der Waals surface area (Å²) in [5.74, 6) is -1.96. The number of nitrogens with two attached hydrogens (primary N) is 1. The largest absolute Gasteiger partial charge is 0.476 e. The average molecular weight is 271 g/mol. The Bertz CT molecular complexity index is 497. The molecule has 0 aliphatic carbocycles. The lowest BCUT2D eigenvalue weighted by molar-refractivity contribution is -0.121. The number of rotatable bonds is 5. The number of ether oxygens (including phenoxy) is 1. The molecule has 0 radical (unpaired) electrons. The smallest absolute Gasteiger partial charge is 0.413 e. The van der Waals surface area contributed by atoms with Crippen molar-refractivity contribution in [2.75, 3.05) is 13.7 Å². The summed E-state index contributed by atoms with van der Waals surface area (Å²) in [5, 5.41) is 17.8. The van der Waals surface area contributed by atoms with Gasteiger partial charge in [-0.1, -0.05) is 5.21 Å². The van der Waals surface area contributed by atoms with Crippen molar-refractivity contribution >= 4 is 18.0 Å². The van der Waals surface area contributed by atoms with Crippen molar-refractivity contribution in [3.05, 3.63) is 11.4 Å². The van der Waals surface area contributed by atoms with Crippen LogP contribution in [0.1, 0.15) is 16.2 Å². The van der Waals surface area contributed by atoms with Crippen LogP contribution in [0, 0.1) is 0 Å². The molecule has 10 nitrogen and oxygen atoms in total. The van der Waals surface area contributed by atoms with Gasteiger partial charge in [0.05, 0.1) is 12.8 Å². The van der Waals surface area contributed by atoms with E-state index in [1.807, 2.05) is 5.32 Å². The Morgan fingerprint density at radius 1 is 1.47 bits per heavy atom. The van der Waals surface area contributed by atoms with Gasteiger partial charge in [0.25, 0.3) is 5.91 Å². The average Bonchev–Trinajstić information content (AvgIpc) is 2.72. The first-order chi connectivity index (χ1) is 8.99. The first-order valence-electron chi connectivity index (χ1n) is 5.23. The Hall–Kier alpha value is -2.49. The van der Waals surface area contributed by atoms with E-state index in [9.17, 15) is 14.4 Å². The van der Waals surface area contributed by atoms with Gasteiger partial charge < -0.3 is 15.6 Å². The second-order valence-electron chi connectivity index (χ2n) is 3.43. The van der Waals surface area contributed by atoms with Gasteiger partial charge in [0, 0.05) is 6.42 Å². The summed E-state index contributed by atoms with van der Waals surface area (Å²) in [4.78, 5) is 33.1. The molecule has 1 aromatic rings. The first kappa shape index (κ1) is 14.6. The van der Waals surface area contributed by atoms with Crippen LogP contribution < -0.4 is 11.1 Å². The number of methoxy groups -OCH3 is 1. The van der Waals surface area contributed by atoms with Crippen molar-refractivity contribution in [1.82, 2.24) is 20.3 Å². The third-order valence-electron chi connectivity index (χ3n) is 2.14. The topological polar surface area (TPSA) is 149 Å². The molecule has 1 heterocycles. The van der Waals surface area contributed by atoms with Gasteiger partial charge in [-0.05, 0) is 6.54 Å². The number of hydrogen-bond donors (Lipinski definition) is 3. The summed E-state index contributed by atoms with van der Waals surface area (Å²) in [5.41, 5.74) is 5.30. The lowest BCUT2D eigenvalue weighted by atomic mass is 10.2. The Morgan fingerprint density at radius 2 is 2.16 bits per heavy atom. The normalized spacial score (nSPS) is 10.0. The minimum absolute atomic E-state index is 0.173. The number of nitrogens with one attached hydrogen (secondary N) is 1. The first-order valence-corrected chi connectivity index (χ1v) is 5.23. The second kappa shape index (κ2) is 6.44. The van der Waals surface area contributed by atoms with E-state index in [2.05, 4.69) is 15.0 Å². The van der Waals surface area contributed by atoms with Gasteiger partial charge in [0.15, 0.2) is 5.69 Å². The SMILES string of the molecule is COC(=O)NC(=O)Cn1nnc(C(=O)O)c1CCN. The van der Waals surface area contributed by atoms with E-state index in [-0.39, 0.29) is 30.9 Å². The summed E-state index contributed by atoms with van der Waals surface area (Å²) < 4.78 is 5.33. The van der Waals surface area contributed by atoms with E-state index >= 15 is 0 Å². The van der Waals surface area contributed by atoms with Crippen molar-refractivity contribution < 1.29 is 24.2 Å². The summed E-state index contributed by atoms with van der Waals surface area (Å²) in [6, 6.07) is 0. The predicted octanol–water partition coefficient (Wildman–Crippen LogP) is -1.64. The molecule has 0 aromatic carbocycles. The molecule has 104 valence electrons. The van der Waals surface area contributed by atoms with Gasteiger partial charge in [-0.3, -0.25) is 10.1 Å². The molecule has 0 saturated heterocycles. The Labute approximate surface area is 107 Å². The van der Waals surface area contributed by atoms with Crippen molar-refractivity contribution in [1.29, 1.82) is 0 Å². The van der Waals surface area contributed by atoms with Crippen LogP contribution in [0.3, 0.4) is 0 Å². The molecule has 0 atom stereocenters. The molecule has 19 heavy (non-hydrogen) atoms. The van der Waals surface area contributed by atoms with E-state index in [1.54, 1.807) is 0 Å². The number of hydrogen-bond acceptors (Lipinski definition) is 7. The van der Waals surface area contributed by atoms with E-state index in [4.69, 9.17) is 10.8 Å². The third-order valence-corrected chi connectivity index (χ3v) is 2.14. The Kier molecular flexibility index (Phi) is 4.94. The van der Waals surface area contributed by atoms with Gasteiger partial charge in [-0.25, -0.2) is 14.3 Å². The zero-order valence-electron chi connectivity index (χ0n) is 10.1. The molecule has 0 bridgehead atoms. The monoisotopic (exact) mass is 271 g/mol. The lowest BCUT2D eigenvalue weighted by Gasteiger charge is -2.06. The van der Waals surface area contributed by atoms with E-state index in [0.29, 0.717) is 0 Å². The highest BCUT2D eigenvalue weighted by Gasteiger charge is 2.20. The van der Waals surface area contributed by atoms with E-state index in [0.717, 1.165) is 11.8 Å². The van der Waals surface area contributed by atoms with Crippen LogP contribution in [0.2, 0.25) is 0 Å². The minimum atomic E-state index is -1.26. The number of carbonyl (C=O) groups is 3. The molecule has 0 aliphatic rings. The van der Waals surface area contributed by atoms with Crippen molar-refractivity contribution in [3.63, 3.8) is 0 Å². The molecule has 0 aliphatic heterocycles. The van der Waals surface area contributed by atoms with Gasteiger partial charge in [-0.15, -0.1) is 5.10 Å². The van der Waals surface area contributed by atoms with Gasteiger partial charge in [0.1, 0.15) is 6.54 Å². The molecule has 1 aromatic heterocycles. The lowest BCUT2D eigenvalue weighted by Crippen LogP contribution is -2.34. The Morgan fingerprint density at radius 3 is 2.68 bits per heavy atom. The Balaban J connectivity index is 2.86. The fraction of sp³-hybridized carbons (Fsp3) is 0.444. The standard InChI is InChI=1S/C9H13N5O5/c1-19-9(18)11-6(15)4-14-5(2-3-10)7(8(16)17)12-13-14/h2-4,10H2,1H3,(H,16,17)(H,11,15,18). The number of carboxylic acids is 1. The van der Waals surface area contributed by atoms with E-state index in [1.165, 1.54) is 0 Å². The maximum absolute atomic E-state index is 11.4. The van der Waals surface area contributed by atoms with Crippen LogP contribution >= 0.6 is 0 Å². The predicted molar refractivity (Wildman–Crippen MR) is 60.3 cm³/mol. The maximum Gasteiger partial charge on any atom is 0.413 e. The number of alkyl carbamates (subject to hydrolysis) is 1. The van der Waals surface area contributed by atoms with Crippen LogP contribution in [0.4, 0.5) is 4.79 Å². The molecular weight excluding hydrogens is 258 g/mol. The highest BCUT2D eigenvalue weighted by molar-refractivity contribution is 5.91. The second-order valence-corrected chi connectivity index (χ2v) is 3.43. The van der Waals surface area contributed by atoms with Crippen LogP contribution in [-0.4, -0.2) is 51.7 Å². The number of amides is 2. The fourth-order valence-corrected chi connectivity index (χ4v) is 1.35. The highest BCUT2D eigenvalue weighted by Crippen LogP contribution is 2.06. The molecule has 0 saturated carbocycles. The number of aromatic carboxylic acids is 1. The van der Waals surface area contributed by atoms with Crippen molar-refractivity contribution in [3.8, 4) is 0 Å². The maximum atomic E-state index is 11.4. The molecule has 0 spiro atoms. The molecule has 0 fully saturated rings. The summed E-state index contributed by atoms with van der Waals surface area (Å²) >= 11 is 0. The summed E-state index contributed by atoms with van der Waals surface area (Å²) in [6.45, 7) is -0.184. The van der Waals surface area contributed by atoms with Crippen LogP contribution in [0.25, 0.3) is 0 Å². The minimum Gasteiger partial charge on any atom is -0.476 e. The quantitative estimate of drug-likeness (QED) is 0.577. The number of carbonyl (C=O) groups excluding carboxylic acids is 2. The van der Waals surface area contributed by atoms with E-state index < -0.39 is 18.0 Å². The molecule has 4 N–H and O–H groups in total.